The smallest absolute Gasteiger partial charge is 0.263 e. The molecule has 2 unspecified atom stereocenters. The van der Waals surface area contributed by atoms with E-state index in [0.29, 0.717) is 11.8 Å². The molecule has 1 saturated heterocycles. The number of hydrogen-bond donors (Lipinski definition) is 2. The van der Waals surface area contributed by atoms with Crippen molar-refractivity contribution >= 4 is 42.1 Å². The van der Waals surface area contributed by atoms with Crippen LogP contribution >= 0.6 is 36.2 Å². The van der Waals surface area contributed by atoms with Crippen molar-refractivity contribution in [3.63, 3.8) is 0 Å². The minimum atomic E-state index is 0. The summed E-state index contributed by atoms with van der Waals surface area (Å²) in [6.07, 6.45) is 1.87. The number of nitrogens with one attached hydrogen (secondary N) is 2. The highest BCUT2D eigenvalue weighted by atomic mass is 35.5. The van der Waals surface area contributed by atoms with Crippen molar-refractivity contribution in [1.82, 2.24) is 15.6 Å². The van der Waals surface area contributed by atoms with Crippen LogP contribution < -0.4 is 10.6 Å². The van der Waals surface area contributed by atoms with E-state index in [4.69, 9.17) is 0 Å². The highest BCUT2D eigenvalue weighted by Crippen LogP contribution is 2.22. The van der Waals surface area contributed by atoms with Crippen LogP contribution in [-0.4, -0.2) is 30.0 Å². The third-order valence-corrected chi connectivity index (χ3v) is 4.73. The molecule has 0 aromatic carbocycles. The van der Waals surface area contributed by atoms with Crippen LogP contribution in [0.25, 0.3) is 0 Å². The summed E-state index contributed by atoms with van der Waals surface area (Å²) < 4.78 is 0. The molecule has 1 aromatic heterocycles. The maximum absolute atomic E-state index is 12.5. The monoisotopic (exact) mass is 367 g/mol. The third-order valence-electron chi connectivity index (χ3n) is 3.71. The zero-order chi connectivity index (χ0) is 14.7. The van der Waals surface area contributed by atoms with Crippen molar-refractivity contribution in [1.29, 1.82) is 0 Å². The molecular formula is C15H27Cl2N3OS. The summed E-state index contributed by atoms with van der Waals surface area (Å²) in [4.78, 5) is 17.8. The maximum atomic E-state index is 12.5. The van der Waals surface area contributed by atoms with Crippen molar-refractivity contribution in [2.75, 3.05) is 13.1 Å². The van der Waals surface area contributed by atoms with Gasteiger partial charge in [-0.2, -0.15) is 0 Å². The van der Waals surface area contributed by atoms with Crippen molar-refractivity contribution in [2.45, 2.75) is 46.6 Å². The Bertz CT molecular complexity index is 479. The quantitative estimate of drug-likeness (QED) is 0.858. The van der Waals surface area contributed by atoms with E-state index in [1.807, 2.05) is 6.92 Å². The van der Waals surface area contributed by atoms with Crippen LogP contribution in [0, 0.1) is 18.8 Å². The van der Waals surface area contributed by atoms with Crippen molar-refractivity contribution in [2.24, 2.45) is 11.8 Å². The Morgan fingerprint density at radius 1 is 1.45 bits per heavy atom. The van der Waals surface area contributed by atoms with Gasteiger partial charge in [0, 0.05) is 6.04 Å². The van der Waals surface area contributed by atoms with Gasteiger partial charge in [-0.05, 0) is 44.7 Å². The number of piperidine rings is 1. The van der Waals surface area contributed by atoms with Gasteiger partial charge in [0.05, 0.1) is 10.7 Å². The van der Waals surface area contributed by atoms with E-state index >= 15 is 0 Å². The minimum absolute atomic E-state index is 0. The lowest BCUT2D eigenvalue weighted by Gasteiger charge is -2.30. The second kappa shape index (κ2) is 9.71. The number of hydrogen-bond acceptors (Lipinski definition) is 4. The molecule has 1 amide bonds. The number of amides is 1. The van der Waals surface area contributed by atoms with Gasteiger partial charge in [0.15, 0.2) is 0 Å². The molecule has 1 aromatic rings. The van der Waals surface area contributed by atoms with Crippen LogP contribution in [0.1, 0.15) is 47.6 Å². The highest BCUT2D eigenvalue weighted by molar-refractivity contribution is 7.13. The van der Waals surface area contributed by atoms with Gasteiger partial charge in [-0.25, -0.2) is 4.98 Å². The lowest BCUT2D eigenvalue weighted by Crippen LogP contribution is -2.48. The summed E-state index contributed by atoms with van der Waals surface area (Å²) in [5.41, 5.74) is 0.960. The van der Waals surface area contributed by atoms with E-state index < -0.39 is 0 Å². The number of carbonyl (C=O) groups is 1. The zero-order valence-electron chi connectivity index (χ0n) is 13.6. The molecule has 1 aliphatic rings. The first-order valence-electron chi connectivity index (χ1n) is 7.45. The van der Waals surface area contributed by atoms with E-state index in [1.165, 1.54) is 11.3 Å². The normalized spacial score (nSPS) is 21.0. The number of rotatable bonds is 4. The van der Waals surface area contributed by atoms with Crippen LogP contribution in [0.4, 0.5) is 0 Å². The Hall–Kier alpha value is -0.360. The van der Waals surface area contributed by atoms with Gasteiger partial charge in [0.1, 0.15) is 4.88 Å². The number of nitrogens with zero attached hydrogens (tertiary/aromatic N) is 1. The van der Waals surface area contributed by atoms with Crippen molar-refractivity contribution in [3.8, 4) is 0 Å². The van der Waals surface area contributed by atoms with Crippen molar-refractivity contribution in [3.05, 3.63) is 15.6 Å². The number of carbonyl (C=O) groups excluding carboxylic acids is 1. The summed E-state index contributed by atoms with van der Waals surface area (Å²) >= 11 is 1.52. The molecule has 0 spiro atoms. The average Bonchev–Trinajstić information content (AvgIpc) is 2.72. The van der Waals surface area contributed by atoms with Crippen LogP contribution in [0.5, 0.6) is 0 Å². The second-order valence-corrected chi connectivity index (χ2v) is 7.36. The first kappa shape index (κ1) is 21.6. The first-order valence-corrected chi connectivity index (χ1v) is 8.27. The van der Waals surface area contributed by atoms with E-state index in [0.717, 1.165) is 41.5 Å². The first-order chi connectivity index (χ1) is 9.47. The Labute approximate surface area is 149 Å². The highest BCUT2D eigenvalue weighted by Gasteiger charge is 2.25. The summed E-state index contributed by atoms with van der Waals surface area (Å²) in [6, 6.07) is 0.276. The molecule has 0 radical (unpaired) electrons. The predicted octanol–water partition coefficient (Wildman–Crippen LogP) is 3.22. The molecule has 2 rings (SSSR count). The molecule has 0 saturated carbocycles. The Morgan fingerprint density at radius 2 is 2.14 bits per heavy atom. The second-order valence-electron chi connectivity index (χ2n) is 6.16. The lowest BCUT2D eigenvalue weighted by atomic mass is 9.95. The summed E-state index contributed by atoms with van der Waals surface area (Å²) in [5.74, 6) is 1.06. The Kier molecular flexibility index (Phi) is 9.55. The fourth-order valence-electron chi connectivity index (χ4n) is 2.64. The molecular weight excluding hydrogens is 341 g/mol. The summed E-state index contributed by atoms with van der Waals surface area (Å²) in [5, 5.41) is 7.54. The van der Waals surface area contributed by atoms with Gasteiger partial charge in [0.25, 0.3) is 5.91 Å². The van der Waals surface area contributed by atoms with Gasteiger partial charge in [-0.1, -0.05) is 20.8 Å². The molecule has 7 heteroatoms. The van der Waals surface area contributed by atoms with Crippen LogP contribution in [0.15, 0.2) is 0 Å². The number of halogens is 2. The molecule has 1 aliphatic heterocycles. The zero-order valence-corrected chi connectivity index (χ0v) is 16.1. The molecule has 2 heterocycles. The largest absolute Gasteiger partial charge is 0.348 e. The molecule has 4 nitrogen and oxygen atoms in total. The van der Waals surface area contributed by atoms with Gasteiger partial charge in [-0.15, -0.1) is 36.2 Å². The molecule has 0 bridgehead atoms. The number of aryl methyl sites for hydroxylation is 1. The minimum Gasteiger partial charge on any atom is -0.348 e. The van der Waals surface area contributed by atoms with Gasteiger partial charge in [-0.3, -0.25) is 4.79 Å². The Balaban J connectivity index is 0.00000220. The van der Waals surface area contributed by atoms with E-state index in [2.05, 4.69) is 36.4 Å². The average molecular weight is 368 g/mol. The molecule has 22 heavy (non-hydrogen) atoms. The molecule has 2 N–H and O–H groups in total. The molecule has 2 atom stereocenters. The third kappa shape index (κ3) is 5.69. The standard InChI is InChI=1S/C15H25N3OS.2ClH/c1-9(2)7-13-14(20-11(4)17-13)15(19)18-12-5-6-16-8-10(12)3;;/h9-10,12,16H,5-8H2,1-4H3,(H,18,19);2*1H. The Morgan fingerprint density at radius 3 is 2.73 bits per heavy atom. The molecule has 128 valence electrons. The molecule has 1 fully saturated rings. The van der Waals surface area contributed by atoms with Crippen LogP contribution in [0.2, 0.25) is 0 Å². The predicted molar refractivity (Wildman–Crippen MR) is 97.8 cm³/mol. The molecule has 0 aliphatic carbocycles. The van der Waals surface area contributed by atoms with Gasteiger partial charge < -0.3 is 10.6 Å². The topological polar surface area (TPSA) is 54.0 Å². The number of aromatic nitrogens is 1. The van der Waals surface area contributed by atoms with Gasteiger partial charge >= 0.3 is 0 Å². The summed E-state index contributed by atoms with van der Waals surface area (Å²) in [6.45, 7) is 10.4. The lowest BCUT2D eigenvalue weighted by molar-refractivity contribution is 0.0917. The van der Waals surface area contributed by atoms with Crippen molar-refractivity contribution < 1.29 is 4.79 Å². The SMILES string of the molecule is Cc1nc(CC(C)C)c(C(=O)NC2CCNCC2C)s1.Cl.Cl. The fraction of sp³-hybridized carbons (Fsp3) is 0.733. The van der Waals surface area contributed by atoms with E-state index in [9.17, 15) is 4.79 Å². The van der Waals surface area contributed by atoms with E-state index in [1.54, 1.807) is 0 Å². The van der Waals surface area contributed by atoms with E-state index in [-0.39, 0.29) is 36.8 Å². The van der Waals surface area contributed by atoms with Crippen LogP contribution in [-0.2, 0) is 6.42 Å². The fourth-order valence-corrected chi connectivity index (χ4v) is 3.48. The maximum Gasteiger partial charge on any atom is 0.263 e. The van der Waals surface area contributed by atoms with Crippen LogP contribution in [0.3, 0.4) is 0 Å². The van der Waals surface area contributed by atoms with Gasteiger partial charge in [0.2, 0.25) is 0 Å². The summed E-state index contributed by atoms with van der Waals surface area (Å²) in [7, 11) is 0. The number of thiazole rings is 1.